The third-order valence-electron chi connectivity index (χ3n) is 3.97. The fraction of sp³-hybridized carbons (Fsp3) is 0.150. The molecular weight excluding hydrogens is 374 g/mol. The molecule has 2 N–H and O–H groups in total. The van der Waals surface area contributed by atoms with E-state index in [0.29, 0.717) is 15.7 Å². The third kappa shape index (κ3) is 5.08. The van der Waals surface area contributed by atoms with E-state index in [1.54, 1.807) is 18.3 Å². The number of rotatable bonds is 6. The second-order valence-corrected chi connectivity index (χ2v) is 7.16. The predicted octanol–water partition coefficient (Wildman–Crippen LogP) is 3.10. The van der Waals surface area contributed by atoms with Gasteiger partial charge in [0.15, 0.2) is 0 Å². The largest absolute Gasteiger partial charge is 0.296 e. The van der Waals surface area contributed by atoms with Crippen LogP contribution >= 0.6 is 11.3 Å². The molecule has 0 spiro atoms. The van der Waals surface area contributed by atoms with E-state index in [1.165, 1.54) is 0 Å². The molecular formula is C20H19N5O2S. The molecule has 0 atom stereocenters. The van der Waals surface area contributed by atoms with Crippen LogP contribution in [0.4, 0.5) is 5.13 Å². The maximum absolute atomic E-state index is 12.3. The molecule has 0 fully saturated rings. The monoisotopic (exact) mass is 393 g/mol. The Morgan fingerprint density at radius 3 is 2.50 bits per heavy atom. The Labute approximate surface area is 166 Å². The highest BCUT2D eigenvalue weighted by atomic mass is 32.1. The Morgan fingerprint density at radius 2 is 1.75 bits per heavy atom. The van der Waals surface area contributed by atoms with Crippen LogP contribution in [0, 0.1) is 13.8 Å². The maximum Gasteiger partial charge on any atom is 0.257 e. The number of carbonyl (C=O) groups excluding carboxylic acids is 2. The van der Waals surface area contributed by atoms with Crippen molar-refractivity contribution in [3.8, 4) is 0 Å². The average molecular weight is 393 g/mol. The molecule has 3 rings (SSSR count). The van der Waals surface area contributed by atoms with Crippen molar-refractivity contribution in [3.05, 3.63) is 75.8 Å². The van der Waals surface area contributed by atoms with Crippen LogP contribution < -0.4 is 10.7 Å². The number of aryl methyl sites for hydroxylation is 2. The summed E-state index contributed by atoms with van der Waals surface area (Å²) in [5, 5.41) is 15.4. The summed E-state index contributed by atoms with van der Waals surface area (Å²) in [5.74, 6) is -0.564. The molecule has 7 nitrogen and oxygen atoms in total. The summed E-state index contributed by atoms with van der Waals surface area (Å²) in [6.07, 6.45) is 1.63. The molecule has 28 heavy (non-hydrogen) atoms. The Bertz CT molecular complexity index is 1030. The van der Waals surface area contributed by atoms with Gasteiger partial charge < -0.3 is 0 Å². The Balaban J connectivity index is 1.54. The Kier molecular flexibility index (Phi) is 6.23. The molecule has 142 valence electrons. The number of anilines is 1. The zero-order valence-electron chi connectivity index (χ0n) is 15.5. The molecule has 2 amide bonds. The van der Waals surface area contributed by atoms with Gasteiger partial charge >= 0.3 is 0 Å². The highest BCUT2D eigenvalue weighted by molar-refractivity contribution is 7.15. The lowest BCUT2D eigenvalue weighted by Crippen LogP contribution is -2.19. The number of aromatic nitrogens is 2. The molecule has 2 aromatic carbocycles. The van der Waals surface area contributed by atoms with E-state index in [2.05, 4.69) is 26.0 Å². The first-order valence-electron chi connectivity index (χ1n) is 8.60. The van der Waals surface area contributed by atoms with Crippen LogP contribution in [0.1, 0.15) is 32.1 Å². The molecule has 0 radical (unpaired) electrons. The number of benzene rings is 2. The number of nitrogens with zero attached hydrogens (tertiary/aromatic N) is 3. The summed E-state index contributed by atoms with van der Waals surface area (Å²) in [5.41, 5.74) is 5.91. The van der Waals surface area contributed by atoms with Crippen LogP contribution in [0.5, 0.6) is 0 Å². The van der Waals surface area contributed by atoms with Crippen LogP contribution in [0.15, 0.2) is 53.6 Å². The van der Waals surface area contributed by atoms with E-state index >= 15 is 0 Å². The van der Waals surface area contributed by atoms with Crippen molar-refractivity contribution in [2.45, 2.75) is 20.3 Å². The molecule has 0 aliphatic heterocycles. The van der Waals surface area contributed by atoms with Crippen LogP contribution in [0.2, 0.25) is 0 Å². The third-order valence-corrected chi connectivity index (χ3v) is 4.81. The highest BCUT2D eigenvalue weighted by Crippen LogP contribution is 2.17. The predicted molar refractivity (Wildman–Crippen MR) is 110 cm³/mol. The van der Waals surface area contributed by atoms with Gasteiger partial charge in [0.25, 0.3) is 5.91 Å². The van der Waals surface area contributed by atoms with Gasteiger partial charge in [-0.15, -0.1) is 10.2 Å². The van der Waals surface area contributed by atoms with Crippen molar-refractivity contribution in [3.63, 3.8) is 0 Å². The van der Waals surface area contributed by atoms with Gasteiger partial charge in [0.2, 0.25) is 11.0 Å². The van der Waals surface area contributed by atoms with Gasteiger partial charge in [-0.3, -0.25) is 14.9 Å². The summed E-state index contributed by atoms with van der Waals surface area (Å²) >= 11 is 1.16. The normalized spacial score (nSPS) is 10.8. The lowest BCUT2D eigenvalue weighted by atomic mass is 10.1. The molecule has 0 bridgehead atoms. The van der Waals surface area contributed by atoms with Crippen molar-refractivity contribution in [2.24, 2.45) is 5.10 Å². The zero-order chi connectivity index (χ0) is 19.9. The first kappa shape index (κ1) is 19.4. The summed E-state index contributed by atoms with van der Waals surface area (Å²) < 4.78 is 0. The van der Waals surface area contributed by atoms with Crippen molar-refractivity contribution in [1.82, 2.24) is 15.6 Å². The number of nitrogens with one attached hydrogen (secondary N) is 2. The minimum Gasteiger partial charge on any atom is -0.296 e. The molecule has 3 aromatic rings. The molecule has 1 aromatic heterocycles. The van der Waals surface area contributed by atoms with E-state index in [1.807, 2.05) is 50.2 Å². The van der Waals surface area contributed by atoms with E-state index < -0.39 is 0 Å². The quantitative estimate of drug-likeness (QED) is 0.497. The van der Waals surface area contributed by atoms with Gasteiger partial charge in [-0.25, -0.2) is 5.43 Å². The highest BCUT2D eigenvalue weighted by Gasteiger charge is 2.13. The van der Waals surface area contributed by atoms with Crippen LogP contribution in [0.3, 0.4) is 0 Å². The summed E-state index contributed by atoms with van der Waals surface area (Å²) in [4.78, 5) is 24.3. The average Bonchev–Trinajstić information content (AvgIpc) is 3.10. The number of amides is 2. The van der Waals surface area contributed by atoms with Crippen molar-refractivity contribution in [2.75, 3.05) is 5.32 Å². The van der Waals surface area contributed by atoms with E-state index in [9.17, 15) is 9.59 Å². The molecule has 0 aliphatic rings. The standard InChI is InChI=1S/C20H19N5O2S/c1-13-7-3-5-9-15(13)12-21-23-17(26)11-18-24-25-20(28-18)22-19(27)16-10-6-4-8-14(16)2/h3-10,12H,11H2,1-2H3,(H,23,26)(H,22,25,27). The number of hydrogen-bond acceptors (Lipinski definition) is 6. The number of carbonyl (C=O) groups is 2. The van der Waals surface area contributed by atoms with Crippen molar-refractivity contribution < 1.29 is 9.59 Å². The smallest absolute Gasteiger partial charge is 0.257 e. The second kappa shape index (κ2) is 9.01. The van der Waals surface area contributed by atoms with Gasteiger partial charge in [-0.05, 0) is 36.6 Å². The number of hydrazone groups is 1. The maximum atomic E-state index is 12.3. The van der Waals surface area contributed by atoms with Gasteiger partial charge in [-0.1, -0.05) is 53.8 Å². The SMILES string of the molecule is Cc1ccccc1C=NNC(=O)Cc1nnc(NC(=O)c2ccccc2C)s1. The van der Waals surface area contributed by atoms with Crippen LogP contribution in [-0.4, -0.2) is 28.2 Å². The number of hydrogen-bond donors (Lipinski definition) is 2. The van der Waals surface area contributed by atoms with Gasteiger partial charge in [0, 0.05) is 5.56 Å². The lowest BCUT2D eigenvalue weighted by molar-refractivity contribution is -0.120. The van der Waals surface area contributed by atoms with Crippen LogP contribution in [-0.2, 0) is 11.2 Å². The summed E-state index contributed by atoms with van der Waals surface area (Å²) in [7, 11) is 0. The molecule has 8 heteroatoms. The van der Waals surface area contributed by atoms with Crippen LogP contribution in [0.25, 0.3) is 0 Å². The molecule has 0 saturated heterocycles. The minimum absolute atomic E-state index is 0.0308. The van der Waals surface area contributed by atoms with Crippen molar-refractivity contribution >= 4 is 34.5 Å². The van der Waals surface area contributed by atoms with Gasteiger partial charge in [0.1, 0.15) is 5.01 Å². The zero-order valence-corrected chi connectivity index (χ0v) is 16.3. The first-order chi connectivity index (χ1) is 13.5. The van der Waals surface area contributed by atoms with Crippen molar-refractivity contribution in [1.29, 1.82) is 0 Å². The molecule has 0 aliphatic carbocycles. The Hall–Kier alpha value is -3.39. The van der Waals surface area contributed by atoms with Gasteiger partial charge in [0.05, 0.1) is 12.6 Å². The summed E-state index contributed by atoms with van der Waals surface area (Å²) in [6, 6.07) is 15.0. The minimum atomic E-state index is -0.308. The lowest BCUT2D eigenvalue weighted by Gasteiger charge is -2.03. The van der Waals surface area contributed by atoms with Gasteiger partial charge in [-0.2, -0.15) is 5.10 Å². The summed E-state index contributed by atoms with van der Waals surface area (Å²) in [6.45, 7) is 3.83. The molecule has 0 saturated carbocycles. The molecule has 1 heterocycles. The first-order valence-corrected chi connectivity index (χ1v) is 9.41. The molecule has 0 unspecified atom stereocenters. The van der Waals surface area contributed by atoms with E-state index in [-0.39, 0.29) is 18.2 Å². The van der Waals surface area contributed by atoms with E-state index in [0.717, 1.165) is 28.0 Å². The Morgan fingerprint density at radius 1 is 1.04 bits per heavy atom. The fourth-order valence-corrected chi connectivity index (χ4v) is 3.18. The second-order valence-electron chi connectivity index (χ2n) is 6.10. The van der Waals surface area contributed by atoms with E-state index in [4.69, 9.17) is 0 Å². The topological polar surface area (TPSA) is 96.3 Å². The fourth-order valence-electron chi connectivity index (χ4n) is 2.45.